The van der Waals surface area contributed by atoms with E-state index in [1.165, 1.54) is 4.88 Å². The monoisotopic (exact) mass is 289 g/mol. The highest BCUT2D eigenvalue weighted by molar-refractivity contribution is 9.10. The Morgan fingerprint density at radius 3 is 3.33 bits per heavy atom. The SMILES string of the molecule is Brc1csc([C@]23COCC[C@H]2CON3)c1. The van der Waals surface area contributed by atoms with Gasteiger partial charge >= 0.3 is 0 Å². The Morgan fingerprint density at radius 2 is 2.53 bits per heavy atom. The predicted molar refractivity (Wildman–Crippen MR) is 61.7 cm³/mol. The van der Waals surface area contributed by atoms with Gasteiger partial charge in [0, 0.05) is 27.3 Å². The minimum atomic E-state index is -0.102. The van der Waals surface area contributed by atoms with Crippen LogP contribution in [-0.4, -0.2) is 19.8 Å². The Kier molecular flexibility index (Phi) is 2.60. The van der Waals surface area contributed by atoms with Crippen molar-refractivity contribution in [3.63, 3.8) is 0 Å². The molecule has 2 aliphatic rings. The zero-order chi connectivity index (χ0) is 10.3. The topological polar surface area (TPSA) is 30.5 Å². The second-order valence-corrected chi connectivity index (χ2v) is 5.88. The molecule has 0 unspecified atom stereocenters. The maximum absolute atomic E-state index is 5.60. The summed E-state index contributed by atoms with van der Waals surface area (Å²) in [4.78, 5) is 6.72. The zero-order valence-corrected chi connectivity index (χ0v) is 10.6. The average Bonchev–Trinajstić information content (AvgIpc) is 2.83. The molecule has 3 heterocycles. The maximum Gasteiger partial charge on any atom is 0.106 e. The van der Waals surface area contributed by atoms with Gasteiger partial charge in [-0.1, -0.05) is 0 Å². The molecule has 3 nitrogen and oxygen atoms in total. The van der Waals surface area contributed by atoms with Gasteiger partial charge in [-0.05, 0) is 28.4 Å². The molecule has 0 aromatic carbocycles. The van der Waals surface area contributed by atoms with E-state index in [0.29, 0.717) is 12.5 Å². The molecular weight excluding hydrogens is 278 g/mol. The summed E-state index contributed by atoms with van der Waals surface area (Å²) in [6.45, 7) is 2.35. The Balaban J connectivity index is 1.99. The molecule has 0 saturated carbocycles. The fourth-order valence-corrected chi connectivity index (χ4v) is 3.94. The first-order valence-electron chi connectivity index (χ1n) is 5.02. The van der Waals surface area contributed by atoms with Crippen LogP contribution in [0.1, 0.15) is 11.3 Å². The molecule has 0 spiro atoms. The van der Waals surface area contributed by atoms with E-state index in [2.05, 4.69) is 32.9 Å². The number of halogens is 1. The van der Waals surface area contributed by atoms with Gasteiger partial charge in [0.05, 0.1) is 13.2 Å². The largest absolute Gasteiger partial charge is 0.379 e. The summed E-state index contributed by atoms with van der Waals surface area (Å²) >= 11 is 5.25. The number of hydrogen-bond donors (Lipinski definition) is 1. The third-order valence-corrected chi connectivity index (χ3v) is 5.05. The number of fused-ring (bicyclic) bond motifs is 1. The van der Waals surface area contributed by atoms with Crippen LogP contribution < -0.4 is 5.48 Å². The van der Waals surface area contributed by atoms with E-state index in [-0.39, 0.29) is 5.54 Å². The van der Waals surface area contributed by atoms with Crippen molar-refractivity contribution in [1.82, 2.24) is 5.48 Å². The Hall–Kier alpha value is 0.0600. The number of hydroxylamine groups is 1. The van der Waals surface area contributed by atoms with Crippen LogP contribution in [0, 0.1) is 5.92 Å². The number of nitrogens with one attached hydrogen (secondary N) is 1. The van der Waals surface area contributed by atoms with Crippen molar-refractivity contribution in [2.24, 2.45) is 5.92 Å². The summed E-state index contributed by atoms with van der Waals surface area (Å²) in [6.07, 6.45) is 1.07. The third kappa shape index (κ3) is 1.57. The Bertz CT molecular complexity index is 370. The van der Waals surface area contributed by atoms with E-state index < -0.39 is 0 Å². The van der Waals surface area contributed by atoms with Gasteiger partial charge in [0.15, 0.2) is 0 Å². The van der Waals surface area contributed by atoms with Crippen LogP contribution in [0.3, 0.4) is 0 Å². The van der Waals surface area contributed by atoms with E-state index in [9.17, 15) is 0 Å². The van der Waals surface area contributed by atoms with Crippen LogP contribution >= 0.6 is 27.3 Å². The van der Waals surface area contributed by atoms with Gasteiger partial charge in [0.2, 0.25) is 0 Å². The first-order valence-corrected chi connectivity index (χ1v) is 6.70. The fraction of sp³-hybridized carbons (Fsp3) is 0.600. The van der Waals surface area contributed by atoms with Crippen LogP contribution in [0.15, 0.2) is 15.9 Å². The lowest BCUT2D eigenvalue weighted by Crippen LogP contribution is -2.48. The van der Waals surface area contributed by atoms with E-state index in [1.54, 1.807) is 11.3 Å². The Labute approximate surface area is 101 Å². The molecule has 0 amide bonds. The summed E-state index contributed by atoms with van der Waals surface area (Å²) in [5, 5.41) is 2.11. The summed E-state index contributed by atoms with van der Waals surface area (Å²) in [7, 11) is 0. The minimum absolute atomic E-state index is 0.102. The van der Waals surface area contributed by atoms with Gasteiger partial charge < -0.3 is 9.57 Å². The highest BCUT2D eigenvalue weighted by Crippen LogP contribution is 2.42. The number of rotatable bonds is 1. The van der Waals surface area contributed by atoms with Crippen molar-refractivity contribution < 1.29 is 9.57 Å². The number of ether oxygens (including phenoxy) is 1. The van der Waals surface area contributed by atoms with Gasteiger partial charge in [0.25, 0.3) is 0 Å². The molecule has 2 saturated heterocycles. The molecule has 1 aromatic heterocycles. The summed E-state index contributed by atoms with van der Waals surface area (Å²) in [5.74, 6) is 0.539. The second-order valence-electron chi connectivity index (χ2n) is 4.05. The standard InChI is InChI=1S/C10H12BrNO2S/c11-8-3-9(15-5-8)10-6-13-2-1-7(10)4-14-12-10/h3,5,7,12H,1-2,4,6H2/t7-,10-/m0/s1. The zero-order valence-electron chi connectivity index (χ0n) is 8.16. The summed E-state index contributed by atoms with van der Waals surface area (Å²) in [6, 6.07) is 2.16. The van der Waals surface area contributed by atoms with Crippen LogP contribution in [0.4, 0.5) is 0 Å². The number of thiophene rings is 1. The lowest BCUT2D eigenvalue weighted by Gasteiger charge is -2.36. The normalized spacial score (nSPS) is 35.4. The molecule has 0 radical (unpaired) electrons. The summed E-state index contributed by atoms with van der Waals surface area (Å²) < 4.78 is 6.73. The van der Waals surface area contributed by atoms with Gasteiger partial charge in [-0.25, -0.2) is 0 Å². The van der Waals surface area contributed by atoms with E-state index >= 15 is 0 Å². The van der Waals surface area contributed by atoms with E-state index in [0.717, 1.165) is 24.1 Å². The van der Waals surface area contributed by atoms with Crippen LogP contribution in [0.2, 0.25) is 0 Å². The molecule has 2 fully saturated rings. The Morgan fingerprint density at radius 1 is 1.60 bits per heavy atom. The molecule has 3 rings (SSSR count). The van der Waals surface area contributed by atoms with Crippen molar-refractivity contribution in [2.75, 3.05) is 19.8 Å². The highest BCUT2D eigenvalue weighted by atomic mass is 79.9. The molecular formula is C10H12BrNO2S. The van der Waals surface area contributed by atoms with E-state index in [4.69, 9.17) is 9.57 Å². The van der Waals surface area contributed by atoms with Crippen molar-refractivity contribution in [3.05, 3.63) is 20.8 Å². The lowest BCUT2D eigenvalue weighted by atomic mass is 9.81. The molecule has 82 valence electrons. The molecule has 5 heteroatoms. The first-order chi connectivity index (χ1) is 7.31. The number of hydrogen-bond acceptors (Lipinski definition) is 4. The van der Waals surface area contributed by atoms with Crippen molar-refractivity contribution in [1.29, 1.82) is 0 Å². The molecule has 1 N–H and O–H groups in total. The van der Waals surface area contributed by atoms with Gasteiger partial charge in [0.1, 0.15) is 5.54 Å². The maximum atomic E-state index is 5.60. The summed E-state index contributed by atoms with van der Waals surface area (Å²) in [5.41, 5.74) is 3.06. The molecule has 1 aromatic rings. The quantitative estimate of drug-likeness (QED) is 0.860. The molecule has 0 bridgehead atoms. The molecule has 2 atom stereocenters. The molecule has 2 aliphatic heterocycles. The molecule has 0 aliphatic carbocycles. The van der Waals surface area contributed by atoms with Crippen molar-refractivity contribution in [2.45, 2.75) is 12.0 Å². The van der Waals surface area contributed by atoms with Crippen molar-refractivity contribution in [3.8, 4) is 0 Å². The molecule has 15 heavy (non-hydrogen) atoms. The van der Waals surface area contributed by atoms with Crippen LogP contribution in [0.5, 0.6) is 0 Å². The van der Waals surface area contributed by atoms with Crippen LogP contribution in [0.25, 0.3) is 0 Å². The third-order valence-electron chi connectivity index (χ3n) is 3.18. The second kappa shape index (κ2) is 3.82. The fourth-order valence-electron chi connectivity index (χ4n) is 2.30. The van der Waals surface area contributed by atoms with Gasteiger partial charge in [-0.15, -0.1) is 11.3 Å². The predicted octanol–water partition coefficient (Wildman–Crippen LogP) is 2.28. The highest BCUT2D eigenvalue weighted by Gasteiger charge is 2.48. The minimum Gasteiger partial charge on any atom is -0.379 e. The first kappa shape index (κ1) is 10.2. The average molecular weight is 290 g/mol. The van der Waals surface area contributed by atoms with Gasteiger partial charge in [-0.3, -0.25) is 0 Å². The lowest BCUT2D eigenvalue weighted by molar-refractivity contribution is -0.0192. The van der Waals surface area contributed by atoms with Crippen LogP contribution in [-0.2, 0) is 15.1 Å². The van der Waals surface area contributed by atoms with Crippen molar-refractivity contribution >= 4 is 27.3 Å². The van der Waals surface area contributed by atoms with E-state index in [1.807, 2.05) is 0 Å². The van der Waals surface area contributed by atoms with Gasteiger partial charge in [-0.2, -0.15) is 5.48 Å². The smallest absolute Gasteiger partial charge is 0.106 e.